The molecular weight excluding hydrogens is 496 g/mol. The smallest absolute Gasteiger partial charge is 0.228 e. The molecule has 3 aromatic carbocycles. The molecule has 39 heavy (non-hydrogen) atoms. The fourth-order valence-corrected chi connectivity index (χ4v) is 5.52. The highest BCUT2D eigenvalue weighted by molar-refractivity contribution is 6.02. The fraction of sp³-hybridized carbons (Fsp3) is 0.290. The lowest BCUT2D eigenvalue weighted by molar-refractivity contribution is -0.124. The van der Waals surface area contributed by atoms with E-state index in [-0.39, 0.29) is 23.7 Å². The Morgan fingerprint density at radius 1 is 0.744 bits per heavy atom. The number of nitrogens with zero attached hydrogens (tertiary/aromatic N) is 1. The Balaban J connectivity index is 1.55. The summed E-state index contributed by atoms with van der Waals surface area (Å²) >= 11 is 0. The van der Waals surface area contributed by atoms with E-state index in [0.717, 1.165) is 28.5 Å². The second-order valence-corrected chi connectivity index (χ2v) is 9.42. The second-order valence-electron chi connectivity index (χ2n) is 9.42. The maximum atomic E-state index is 14.0. The standard InChI is InChI=1S/C31H32N2O6/c1-35-24-12-11-19(14-25(24)36-2)21-17-22(20-15-26(37-3)30(39-5)27(16-20)38-4)28(21)31(34)33-23-10-6-8-18-9-7-13-32-29(18)23/h6-16,21-22,28H,17H2,1-5H3,(H,33,34)/t21-,22+,28+/m0/s1. The van der Waals surface area contributed by atoms with Crippen molar-refractivity contribution in [3.05, 3.63) is 78.0 Å². The molecule has 1 N–H and O–H groups in total. The SMILES string of the molecule is COc1ccc([C@@H]2C[C@H](c3cc(OC)c(OC)c(OC)c3)[C@@H]2C(=O)Nc2cccc3cccnc23)cc1OC. The molecule has 1 fully saturated rings. The molecule has 1 heterocycles. The zero-order valence-electron chi connectivity index (χ0n) is 22.7. The minimum Gasteiger partial charge on any atom is -0.493 e. The third-order valence-electron chi connectivity index (χ3n) is 7.52. The van der Waals surface area contributed by atoms with E-state index in [9.17, 15) is 4.79 Å². The number of para-hydroxylation sites is 1. The number of anilines is 1. The summed E-state index contributed by atoms with van der Waals surface area (Å²) < 4.78 is 27.7. The van der Waals surface area contributed by atoms with E-state index in [2.05, 4.69) is 10.3 Å². The van der Waals surface area contributed by atoms with Crippen LogP contribution >= 0.6 is 0 Å². The lowest BCUT2D eigenvalue weighted by Gasteiger charge is -2.44. The van der Waals surface area contributed by atoms with Crippen molar-refractivity contribution < 1.29 is 28.5 Å². The Labute approximate surface area is 227 Å². The molecule has 1 saturated carbocycles. The molecule has 0 saturated heterocycles. The molecule has 0 radical (unpaired) electrons. The van der Waals surface area contributed by atoms with E-state index in [4.69, 9.17) is 23.7 Å². The maximum Gasteiger partial charge on any atom is 0.228 e. The lowest BCUT2D eigenvalue weighted by Crippen LogP contribution is -2.42. The third-order valence-corrected chi connectivity index (χ3v) is 7.52. The number of rotatable bonds is 9. The zero-order valence-corrected chi connectivity index (χ0v) is 22.7. The van der Waals surface area contributed by atoms with E-state index in [0.29, 0.717) is 34.4 Å². The van der Waals surface area contributed by atoms with E-state index in [1.54, 1.807) is 41.7 Å². The van der Waals surface area contributed by atoms with Gasteiger partial charge in [-0.1, -0.05) is 24.3 Å². The molecule has 4 aromatic rings. The van der Waals surface area contributed by atoms with Gasteiger partial charge in [-0.3, -0.25) is 9.78 Å². The van der Waals surface area contributed by atoms with Crippen LogP contribution in [0, 0.1) is 5.92 Å². The van der Waals surface area contributed by atoms with Gasteiger partial charge in [0.05, 0.1) is 52.7 Å². The molecule has 0 aliphatic heterocycles. The van der Waals surface area contributed by atoms with Gasteiger partial charge in [0.1, 0.15) is 0 Å². The summed E-state index contributed by atoms with van der Waals surface area (Å²) in [4.78, 5) is 18.5. The molecule has 8 heteroatoms. The van der Waals surface area contributed by atoms with Crippen molar-refractivity contribution in [2.24, 2.45) is 5.92 Å². The number of benzene rings is 3. The molecule has 0 unspecified atom stereocenters. The number of hydrogen-bond acceptors (Lipinski definition) is 7. The first kappa shape index (κ1) is 26.2. The summed E-state index contributed by atoms with van der Waals surface area (Å²) in [5.74, 6) is 2.31. The summed E-state index contributed by atoms with van der Waals surface area (Å²) in [6.45, 7) is 0. The van der Waals surface area contributed by atoms with Crippen molar-refractivity contribution in [1.29, 1.82) is 0 Å². The third kappa shape index (κ3) is 4.78. The van der Waals surface area contributed by atoms with Gasteiger partial charge in [-0.15, -0.1) is 0 Å². The molecular formula is C31H32N2O6. The molecule has 202 valence electrons. The summed E-state index contributed by atoms with van der Waals surface area (Å²) in [5.41, 5.74) is 3.38. The van der Waals surface area contributed by atoms with Crippen LogP contribution in [0.5, 0.6) is 28.7 Å². The number of ether oxygens (including phenoxy) is 5. The highest BCUT2D eigenvalue weighted by atomic mass is 16.5. The van der Waals surface area contributed by atoms with Crippen molar-refractivity contribution in [3.8, 4) is 28.7 Å². The van der Waals surface area contributed by atoms with Crippen molar-refractivity contribution in [3.63, 3.8) is 0 Å². The number of hydrogen-bond donors (Lipinski definition) is 1. The van der Waals surface area contributed by atoms with Crippen LogP contribution in [0.1, 0.15) is 29.4 Å². The Bertz CT molecular complexity index is 1470. The monoisotopic (exact) mass is 528 g/mol. The molecule has 8 nitrogen and oxygen atoms in total. The van der Waals surface area contributed by atoms with Gasteiger partial charge >= 0.3 is 0 Å². The van der Waals surface area contributed by atoms with Gasteiger partial charge in [0.15, 0.2) is 23.0 Å². The van der Waals surface area contributed by atoms with Crippen LogP contribution in [0.4, 0.5) is 5.69 Å². The summed E-state index contributed by atoms with van der Waals surface area (Å²) in [6.07, 6.45) is 2.48. The summed E-state index contributed by atoms with van der Waals surface area (Å²) in [7, 11) is 7.97. The molecule has 1 aromatic heterocycles. The summed E-state index contributed by atoms with van der Waals surface area (Å²) in [6, 6.07) is 19.3. The molecule has 3 atom stereocenters. The Hall–Kier alpha value is -4.46. The maximum absolute atomic E-state index is 14.0. The van der Waals surface area contributed by atoms with Crippen LogP contribution in [-0.4, -0.2) is 46.4 Å². The Morgan fingerprint density at radius 3 is 2.05 bits per heavy atom. The van der Waals surface area contributed by atoms with Gasteiger partial charge in [-0.2, -0.15) is 0 Å². The van der Waals surface area contributed by atoms with Crippen molar-refractivity contribution in [1.82, 2.24) is 4.98 Å². The fourth-order valence-electron chi connectivity index (χ4n) is 5.52. The topological polar surface area (TPSA) is 88.1 Å². The van der Waals surface area contributed by atoms with Gasteiger partial charge < -0.3 is 29.0 Å². The number of methoxy groups -OCH3 is 5. The predicted molar refractivity (Wildman–Crippen MR) is 150 cm³/mol. The number of amides is 1. The Kier molecular flexibility index (Phi) is 7.45. The number of carbonyl (C=O) groups excluding carboxylic acids is 1. The molecule has 0 bridgehead atoms. The number of nitrogens with one attached hydrogen (secondary N) is 1. The van der Waals surface area contributed by atoms with Crippen LogP contribution in [0.2, 0.25) is 0 Å². The molecule has 1 aliphatic carbocycles. The van der Waals surface area contributed by atoms with Crippen LogP contribution in [0.3, 0.4) is 0 Å². The van der Waals surface area contributed by atoms with Gasteiger partial charge in [0.2, 0.25) is 11.7 Å². The number of pyridine rings is 1. The molecule has 1 aliphatic rings. The first-order chi connectivity index (χ1) is 19.0. The largest absolute Gasteiger partial charge is 0.493 e. The van der Waals surface area contributed by atoms with Crippen molar-refractivity contribution in [2.75, 3.05) is 40.9 Å². The van der Waals surface area contributed by atoms with Crippen LogP contribution in [-0.2, 0) is 4.79 Å². The number of carbonyl (C=O) groups is 1. The van der Waals surface area contributed by atoms with Crippen LogP contribution in [0.15, 0.2) is 66.9 Å². The average Bonchev–Trinajstić information content (AvgIpc) is 2.96. The van der Waals surface area contributed by atoms with E-state index in [1.807, 2.05) is 60.7 Å². The Morgan fingerprint density at radius 2 is 1.38 bits per heavy atom. The second kappa shape index (κ2) is 11.1. The molecule has 0 spiro atoms. The van der Waals surface area contributed by atoms with E-state index < -0.39 is 0 Å². The van der Waals surface area contributed by atoms with E-state index in [1.165, 1.54) is 0 Å². The van der Waals surface area contributed by atoms with Gasteiger partial charge in [0, 0.05) is 11.6 Å². The summed E-state index contributed by atoms with van der Waals surface area (Å²) in [5, 5.41) is 4.13. The minimum absolute atomic E-state index is 0.0446. The van der Waals surface area contributed by atoms with Gasteiger partial charge in [-0.25, -0.2) is 0 Å². The van der Waals surface area contributed by atoms with Crippen molar-refractivity contribution >= 4 is 22.5 Å². The first-order valence-corrected chi connectivity index (χ1v) is 12.7. The average molecular weight is 529 g/mol. The van der Waals surface area contributed by atoms with Crippen LogP contribution in [0.25, 0.3) is 10.9 Å². The highest BCUT2D eigenvalue weighted by Gasteiger charge is 2.48. The van der Waals surface area contributed by atoms with Crippen molar-refractivity contribution in [2.45, 2.75) is 18.3 Å². The van der Waals surface area contributed by atoms with Gasteiger partial charge in [0.25, 0.3) is 0 Å². The minimum atomic E-state index is -0.370. The first-order valence-electron chi connectivity index (χ1n) is 12.7. The quantitative estimate of drug-likeness (QED) is 0.294. The predicted octanol–water partition coefficient (Wildman–Crippen LogP) is 5.80. The number of fused-ring (bicyclic) bond motifs is 1. The van der Waals surface area contributed by atoms with Gasteiger partial charge in [-0.05, 0) is 65.8 Å². The molecule has 5 rings (SSSR count). The van der Waals surface area contributed by atoms with Crippen LogP contribution < -0.4 is 29.0 Å². The zero-order chi connectivity index (χ0) is 27.5. The lowest BCUT2D eigenvalue weighted by atomic mass is 9.59. The molecule has 1 amide bonds. The number of aromatic nitrogens is 1. The van der Waals surface area contributed by atoms with E-state index >= 15 is 0 Å². The normalized spacial score (nSPS) is 18.1. The highest BCUT2D eigenvalue weighted by Crippen LogP contribution is 2.56.